The molecule has 5 nitrogen and oxygen atoms in total. The van der Waals surface area contributed by atoms with Crippen LogP contribution >= 0.6 is 0 Å². The Morgan fingerprint density at radius 3 is 2.00 bits per heavy atom. The molecule has 0 aromatic carbocycles. The molecule has 1 aromatic rings. The van der Waals surface area contributed by atoms with Gasteiger partial charge in [-0.25, -0.2) is 0 Å². The highest BCUT2D eigenvalue weighted by atomic mass is 16.7. The number of rotatable bonds is 4. The molecule has 0 aliphatic carbocycles. The number of hydrogen-bond acceptors (Lipinski definition) is 5. The quantitative estimate of drug-likeness (QED) is 0.616. The van der Waals surface area contributed by atoms with Crippen LogP contribution in [0.25, 0.3) is 0 Å². The maximum absolute atomic E-state index is 5.91. The fourth-order valence-corrected chi connectivity index (χ4v) is 1.91. The summed E-state index contributed by atoms with van der Waals surface area (Å²) in [5.41, 5.74) is -0.147. The predicted octanol–water partition coefficient (Wildman–Crippen LogP) is 1.87. The third-order valence-corrected chi connectivity index (χ3v) is 3.79. The Kier molecular flexibility index (Phi) is 3.79. The van der Waals surface area contributed by atoms with Crippen LogP contribution in [0.4, 0.5) is 0 Å². The predicted molar refractivity (Wildman–Crippen MR) is 71.2 cm³/mol. The van der Waals surface area contributed by atoms with Crippen LogP contribution in [0, 0.1) is 0 Å². The van der Waals surface area contributed by atoms with E-state index in [-0.39, 0.29) is 11.2 Å². The molecule has 2 rings (SSSR count). The van der Waals surface area contributed by atoms with Crippen LogP contribution in [-0.4, -0.2) is 32.5 Å². The molecule has 0 amide bonds. The molecule has 1 saturated heterocycles. The van der Waals surface area contributed by atoms with Crippen molar-refractivity contribution in [1.29, 1.82) is 0 Å². The van der Waals surface area contributed by atoms with Crippen LogP contribution in [0.3, 0.4) is 0 Å². The minimum absolute atomic E-state index is 0.382. The van der Waals surface area contributed by atoms with Crippen molar-refractivity contribution in [2.75, 3.05) is 14.2 Å². The summed E-state index contributed by atoms with van der Waals surface area (Å²) in [4.78, 5) is 0. The molecule has 0 atom stereocenters. The topological polar surface area (TPSA) is 50.1 Å². The normalized spacial score (nSPS) is 21.3. The SMILES string of the molecule is COC(OC)c1ccc(B2OC(C)(C)C(C)(C)O2)o1. The van der Waals surface area contributed by atoms with Gasteiger partial charge in [0.05, 0.1) is 11.2 Å². The first-order valence-corrected chi connectivity index (χ1v) is 6.31. The first-order chi connectivity index (χ1) is 8.80. The Morgan fingerprint density at radius 1 is 1.00 bits per heavy atom. The lowest BCUT2D eigenvalue weighted by Gasteiger charge is -2.32. The Labute approximate surface area is 114 Å². The first-order valence-electron chi connectivity index (χ1n) is 6.31. The fourth-order valence-electron chi connectivity index (χ4n) is 1.91. The highest BCUT2D eigenvalue weighted by Gasteiger charge is 2.53. The van der Waals surface area contributed by atoms with Crippen LogP contribution in [-0.2, 0) is 18.8 Å². The molecule has 0 unspecified atom stereocenters. The lowest BCUT2D eigenvalue weighted by Crippen LogP contribution is -2.41. The third-order valence-electron chi connectivity index (χ3n) is 3.79. The van der Waals surface area contributed by atoms with E-state index in [1.54, 1.807) is 20.3 Å². The van der Waals surface area contributed by atoms with Crippen molar-refractivity contribution in [2.45, 2.75) is 45.2 Å². The molecule has 106 valence electrons. The molecule has 1 fully saturated rings. The Morgan fingerprint density at radius 2 is 1.53 bits per heavy atom. The van der Waals surface area contributed by atoms with Gasteiger partial charge in [-0.2, -0.15) is 0 Å². The minimum Gasteiger partial charge on any atom is -0.464 e. The van der Waals surface area contributed by atoms with Crippen molar-refractivity contribution in [3.05, 3.63) is 17.9 Å². The summed E-state index contributed by atoms with van der Waals surface area (Å²) in [5, 5.41) is 0. The number of ether oxygens (including phenoxy) is 2. The van der Waals surface area contributed by atoms with Gasteiger partial charge in [0.25, 0.3) is 0 Å². The Balaban J connectivity index is 2.17. The van der Waals surface area contributed by atoms with Crippen molar-refractivity contribution in [3.63, 3.8) is 0 Å². The number of methoxy groups -OCH3 is 2. The van der Waals surface area contributed by atoms with Crippen molar-refractivity contribution in [2.24, 2.45) is 0 Å². The van der Waals surface area contributed by atoms with E-state index < -0.39 is 13.4 Å². The van der Waals surface area contributed by atoms with E-state index in [1.165, 1.54) is 0 Å². The van der Waals surface area contributed by atoms with Gasteiger partial charge >= 0.3 is 7.12 Å². The van der Waals surface area contributed by atoms with Gasteiger partial charge in [0.15, 0.2) is 5.76 Å². The molecule has 0 spiro atoms. The molecule has 1 aromatic heterocycles. The van der Waals surface area contributed by atoms with E-state index in [2.05, 4.69) is 0 Å². The van der Waals surface area contributed by atoms with Gasteiger partial charge in [-0.3, -0.25) is 0 Å². The number of furan rings is 1. The number of hydrogen-bond donors (Lipinski definition) is 0. The molecule has 0 N–H and O–H groups in total. The third kappa shape index (κ3) is 2.58. The average molecular weight is 268 g/mol. The van der Waals surface area contributed by atoms with Crippen LogP contribution in [0.1, 0.15) is 39.7 Å². The van der Waals surface area contributed by atoms with Crippen LogP contribution in [0.5, 0.6) is 0 Å². The fraction of sp³-hybridized carbons (Fsp3) is 0.692. The van der Waals surface area contributed by atoms with E-state index in [1.807, 2.05) is 33.8 Å². The zero-order chi connectivity index (χ0) is 14.3. The second-order valence-corrected chi connectivity index (χ2v) is 5.63. The van der Waals surface area contributed by atoms with Gasteiger partial charge in [-0.15, -0.1) is 0 Å². The highest BCUT2D eigenvalue weighted by Crippen LogP contribution is 2.36. The molecular weight excluding hydrogens is 247 g/mol. The maximum Gasteiger partial charge on any atom is 0.532 e. The van der Waals surface area contributed by atoms with E-state index in [4.69, 9.17) is 23.2 Å². The molecular formula is C13H21BO5. The Hall–Kier alpha value is -0.815. The highest BCUT2D eigenvalue weighted by molar-refractivity contribution is 6.60. The maximum atomic E-state index is 5.91. The van der Waals surface area contributed by atoms with Crippen molar-refractivity contribution < 1.29 is 23.2 Å². The van der Waals surface area contributed by atoms with Gasteiger partial charge in [0, 0.05) is 14.2 Å². The zero-order valence-electron chi connectivity index (χ0n) is 12.4. The molecule has 1 aliphatic rings. The smallest absolute Gasteiger partial charge is 0.464 e. The zero-order valence-corrected chi connectivity index (χ0v) is 12.4. The summed E-state index contributed by atoms with van der Waals surface area (Å²) in [6.07, 6.45) is -0.517. The monoisotopic (exact) mass is 268 g/mol. The summed E-state index contributed by atoms with van der Waals surface area (Å²) in [7, 11) is 2.61. The molecule has 2 heterocycles. The van der Waals surface area contributed by atoms with Crippen LogP contribution in [0.2, 0.25) is 0 Å². The lowest BCUT2D eigenvalue weighted by atomic mass is 9.86. The standard InChI is InChI=1S/C13H21BO5/c1-12(2)13(3,4)19-14(18-12)10-8-7-9(17-10)11(15-5)16-6/h7-8,11H,1-6H3. The molecule has 0 saturated carbocycles. The summed E-state index contributed by atoms with van der Waals surface area (Å²) in [6, 6.07) is 3.63. The van der Waals surface area contributed by atoms with E-state index >= 15 is 0 Å². The van der Waals surface area contributed by atoms with Gasteiger partial charge in [-0.05, 0) is 39.8 Å². The van der Waals surface area contributed by atoms with E-state index in [0.29, 0.717) is 11.4 Å². The van der Waals surface area contributed by atoms with E-state index in [0.717, 1.165) is 0 Å². The average Bonchev–Trinajstić information content (AvgIpc) is 2.85. The molecule has 1 aliphatic heterocycles. The summed E-state index contributed by atoms with van der Waals surface area (Å²) < 4.78 is 27.8. The first kappa shape index (κ1) is 14.6. The van der Waals surface area contributed by atoms with Gasteiger partial charge in [-0.1, -0.05) is 0 Å². The van der Waals surface area contributed by atoms with Crippen molar-refractivity contribution >= 4 is 12.8 Å². The lowest BCUT2D eigenvalue weighted by molar-refractivity contribution is -0.117. The largest absolute Gasteiger partial charge is 0.532 e. The molecule has 6 heteroatoms. The van der Waals surface area contributed by atoms with Crippen molar-refractivity contribution in [1.82, 2.24) is 0 Å². The Bertz CT molecular complexity index is 420. The minimum atomic E-state index is -0.517. The van der Waals surface area contributed by atoms with E-state index in [9.17, 15) is 0 Å². The molecule has 19 heavy (non-hydrogen) atoms. The molecule has 0 bridgehead atoms. The van der Waals surface area contributed by atoms with Crippen LogP contribution < -0.4 is 5.66 Å². The van der Waals surface area contributed by atoms with Crippen LogP contribution in [0.15, 0.2) is 16.5 Å². The van der Waals surface area contributed by atoms with Gasteiger partial charge in [0.2, 0.25) is 6.29 Å². The van der Waals surface area contributed by atoms with Gasteiger partial charge in [0.1, 0.15) is 5.66 Å². The second kappa shape index (κ2) is 4.94. The summed E-state index contributed by atoms with van der Waals surface area (Å²) in [6.45, 7) is 8.02. The second-order valence-electron chi connectivity index (χ2n) is 5.63. The molecule has 0 radical (unpaired) electrons. The summed E-state index contributed by atoms with van der Waals surface area (Å²) in [5.74, 6) is 0.592. The van der Waals surface area contributed by atoms with Gasteiger partial charge < -0.3 is 23.2 Å². The van der Waals surface area contributed by atoms with Crippen molar-refractivity contribution in [3.8, 4) is 0 Å². The summed E-state index contributed by atoms with van der Waals surface area (Å²) >= 11 is 0.